The third kappa shape index (κ3) is 8.50. The Morgan fingerprint density at radius 2 is 1.70 bits per heavy atom. The van der Waals surface area contributed by atoms with Gasteiger partial charge < -0.3 is 44.5 Å². The molecule has 0 saturated carbocycles. The minimum Gasteiger partial charge on any atom is -0.493 e. The molecule has 0 radical (unpaired) electrons. The van der Waals surface area contributed by atoms with E-state index in [-0.39, 0.29) is 29.0 Å². The number of phosphoric ester groups is 1. The smallest absolute Gasteiger partial charge is 0.469 e. The molecule has 0 saturated heterocycles. The number of ether oxygens (including phenoxy) is 4. The number of nitrogens with one attached hydrogen (secondary N) is 2. The first-order valence-corrected chi connectivity index (χ1v) is 14.1. The van der Waals surface area contributed by atoms with Crippen molar-refractivity contribution in [3.63, 3.8) is 0 Å². The Balaban J connectivity index is 0.00000124. The van der Waals surface area contributed by atoms with E-state index in [4.69, 9.17) is 38.6 Å². The lowest BCUT2D eigenvalue weighted by Crippen LogP contribution is -2.46. The first-order chi connectivity index (χ1) is 20.6. The van der Waals surface area contributed by atoms with Gasteiger partial charge in [0.2, 0.25) is 11.7 Å². The molecule has 1 aliphatic rings. The molecule has 0 bridgehead atoms. The summed E-state index contributed by atoms with van der Waals surface area (Å²) >= 11 is 0. The molecule has 1 atom stereocenters. The average Bonchev–Trinajstić information content (AvgIpc) is 2.93. The van der Waals surface area contributed by atoms with Crippen molar-refractivity contribution in [1.82, 2.24) is 15.0 Å². The zero-order valence-corrected chi connectivity index (χ0v) is 25.3. The van der Waals surface area contributed by atoms with Gasteiger partial charge in [-0.05, 0) is 26.0 Å². The first-order valence-electron chi connectivity index (χ1n) is 12.6. The molecule has 0 aliphatic carbocycles. The van der Waals surface area contributed by atoms with Gasteiger partial charge >= 0.3 is 7.82 Å². The molecule has 0 spiro atoms. The molecule has 4 rings (SSSR count). The fourth-order valence-electron chi connectivity index (χ4n) is 3.98. The second kappa shape index (κ2) is 13.8. The van der Waals surface area contributed by atoms with Gasteiger partial charge in [0.15, 0.2) is 34.5 Å². The summed E-state index contributed by atoms with van der Waals surface area (Å²) in [7, 11) is -0.469. The molecule has 1 unspecified atom stereocenters. The van der Waals surface area contributed by atoms with Crippen LogP contribution in [-0.4, -0.2) is 75.1 Å². The van der Waals surface area contributed by atoms with Gasteiger partial charge in [0.25, 0.3) is 5.97 Å². The monoisotopic (exact) mass is 639 g/mol. The highest BCUT2D eigenvalue weighted by molar-refractivity contribution is 7.46. The first kappa shape index (κ1) is 33.9. The second-order valence-corrected chi connectivity index (χ2v) is 10.7. The van der Waals surface area contributed by atoms with Crippen molar-refractivity contribution in [1.29, 1.82) is 0 Å². The van der Waals surface area contributed by atoms with E-state index in [0.29, 0.717) is 22.9 Å². The third-order valence-electron chi connectivity index (χ3n) is 5.81. The van der Waals surface area contributed by atoms with Gasteiger partial charge in [-0.2, -0.15) is 4.98 Å². The van der Waals surface area contributed by atoms with E-state index in [2.05, 4.69) is 30.1 Å². The molecule has 2 aromatic heterocycles. The molecule has 5 N–H and O–H groups in total. The minimum absolute atomic E-state index is 0.0179. The van der Waals surface area contributed by atoms with Gasteiger partial charge in [0.05, 0.1) is 45.7 Å². The van der Waals surface area contributed by atoms with E-state index in [1.807, 2.05) is 0 Å². The molecule has 18 heteroatoms. The summed E-state index contributed by atoms with van der Waals surface area (Å²) in [6.07, 6.45) is 0.944. The number of carboxylic acid groups (broad SMARTS) is 1. The van der Waals surface area contributed by atoms with E-state index < -0.39 is 43.5 Å². The van der Waals surface area contributed by atoms with Crippen LogP contribution in [0.15, 0.2) is 30.5 Å². The maximum absolute atomic E-state index is 14.7. The van der Waals surface area contributed by atoms with Crippen LogP contribution < -0.4 is 29.6 Å². The fourth-order valence-corrected chi connectivity index (χ4v) is 4.32. The van der Waals surface area contributed by atoms with Gasteiger partial charge in [-0.15, -0.1) is 0 Å². The molecule has 16 nitrogen and oxygen atoms in total. The zero-order chi connectivity index (χ0) is 32.8. The molecular formula is C26H31FN5O11P. The van der Waals surface area contributed by atoms with Crippen molar-refractivity contribution in [3.8, 4) is 23.0 Å². The number of carboxylic acids is 1. The van der Waals surface area contributed by atoms with Gasteiger partial charge in [0.1, 0.15) is 11.6 Å². The Morgan fingerprint density at radius 1 is 1.09 bits per heavy atom. The van der Waals surface area contributed by atoms with Crippen LogP contribution in [0, 0.1) is 5.82 Å². The van der Waals surface area contributed by atoms with Crippen molar-refractivity contribution < 1.29 is 56.9 Å². The fraction of sp³-hybridized carbons (Fsp3) is 0.346. The largest absolute Gasteiger partial charge is 0.493 e. The van der Waals surface area contributed by atoms with Crippen molar-refractivity contribution in [2.75, 3.05) is 38.6 Å². The number of nitrogens with zero attached hydrogens (tertiary/aromatic N) is 3. The van der Waals surface area contributed by atoms with E-state index >= 15 is 0 Å². The number of carbonyl (C=O) groups is 2. The molecule has 0 amide bonds. The van der Waals surface area contributed by atoms with Crippen LogP contribution in [0.1, 0.15) is 32.4 Å². The summed E-state index contributed by atoms with van der Waals surface area (Å²) in [6.45, 7) is 3.49. The summed E-state index contributed by atoms with van der Waals surface area (Å²) in [6, 6.07) is 6.20. The Kier molecular flexibility index (Phi) is 10.7. The highest BCUT2D eigenvalue weighted by Crippen LogP contribution is 2.43. The quantitative estimate of drug-likeness (QED) is 0.200. The number of aromatic nitrogens is 3. The predicted molar refractivity (Wildman–Crippen MR) is 153 cm³/mol. The molecular weight excluding hydrogens is 608 g/mol. The number of methoxy groups -OCH3 is 3. The SMILES string of the molecule is CC(=O)O.COc1cc(Nc2ncc(F)c(Nc3ccc4c(n3)C(COP(=O)(O)O)C(=O)C(C)(C)O4)n2)cc(OC)c1OC. The normalized spacial score (nSPS) is 15.1. The van der Waals surface area contributed by atoms with E-state index in [0.717, 1.165) is 13.1 Å². The van der Waals surface area contributed by atoms with Crippen LogP contribution in [0.3, 0.4) is 0 Å². The number of benzene rings is 1. The number of rotatable bonds is 10. The molecule has 238 valence electrons. The summed E-state index contributed by atoms with van der Waals surface area (Å²) < 4.78 is 52.3. The van der Waals surface area contributed by atoms with Crippen LogP contribution >= 0.6 is 7.82 Å². The maximum Gasteiger partial charge on any atom is 0.469 e. The number of ketones is 1. The number of Topliss-reactive ketones (excluding diaryl/α,β-unsaturated/α-hetero) is 1. The van der Waals surface area contributed by atoms with E-state index in [1.54, 1.807) is 12.1 Å². The summed E-state index contributed by atoms with van der Waals surface area (Å²) in [5.74, 6) is -2.09. The predicted octanol–water partition coefficient (Wildman–Crippen LogP) is 3.55. The Morgan fingerprint density at radius 3 is 2.25 bits per heavy atom. The molecule has 1 aliphatic heterocycles. The third-order valence-corrected chi connectivity index (χ3v) is 6.30. The number of hydrogen-bond donors (Lipinski definition) is 5. The highest BCUT2D eigenvalue weighted by Gasteiger charge is 2.44. The number of anilines is 4. The lowest BCUT2D eigenvalue weighted by Gasteiger charge is -2.35. The van der Waals surface area contributed by atoms with Gasteiger partial charge in [-0.1, -0.05) is 0 Å². The van der Waals surface area contributed by atoms with Crippen molar-refractivity contribution in [3.05, 3.63) is 42.0 Å². The Labute approximate surface area is 250 Å². The van der Waals surface area contributed by atoms with Crippen LogP contribution in [0.25, 0.3) is 0 Å². The molecule has 0 fully saturated rings. The van der Waals surface area contributed by atoms with Crippen LogP contribution in [0.4, 0.5) is 27.7 Å². The van der Waals surface area contributed by atoms with E-state index in [9.17, 15) is 13.8 Å². The molecule has 44 heavy (non-hydrogen) atoms. The van der Waals surface area contributed by atoms with Gasteiger partial charge in [-0.3, -0.25) is 14.1 Å². The zero-order valence-electron chi connectivity index (χ0n) is 24.4. The number of carbonyl (C=O) groups excluding carboxylic acids is 1. The van der Waals surface area contributed by atoms with Crippen molar-refractivity contribution in [2.24, 2.45) is 0 Å². The van der Waals surface area contributed by atoms with Crippen LogP contribution in [-0.2, 0) is 18.7 Å². The molecule has 3 aromatic rings. The molecule has 1 aromatic carbocycles. The maximum atomic E-state index is 14.7. The number of fused-ring (bicyclic) bond motifs is 1. The number of aliphatic carboxylic acids is 1. The minimum atomic E-state index is -4.87. The number of hydrogen-bond acceptors (Lipinski definition) is 13. The van der Waals surface area contributed by atoms with E-state index in [1.165, 1.54) is 47.3 Å². The highest BCUT2D eigenvalue weighted by atomic mass is 31.2. The summed E-state index contributed by atoms with van der Waals surface area (Å²) in [5.41, 5.74) is -0.767. The summed E-state index contributed by atoms with van der Waals surface area (Å²) in [4.78, 5) is 52.7. The van der Waals surface area contributed by atoms with Crippen LogP contribution in [0.2, 0.25) is 0 Å². The van der Waals surface area contributed by atoms with Crippen molar-refractivity contribution >= 4 is 42.8 Å². The number of halogens is 1. The number of phosphoric acid groups is 1. The average molecular weight is 640 g/mol. The standard InChI is InChI=1S/C24H27FN5O9P.C2H4O2/c1-24(2)21(31)13(11-38-40(32,33)34)19-15(39-24)6-7-18(28-19)29-22-14(25)10-26-23(30-22)27-12-8-16(35-3)20(37-5)17(9-12)36-4;1-2(3)4/h6-10,13H,11H2,1-5H3,(H2,32,33,34)(H2,26,27,28,29,30);1H3,(H,3,4). The van der Waals surface area contributed by atoms with Crippen LogP contribution in [0.5, 0.6) is 23.0 Å². The van der Waals surface area contributed by atoms with Gasteiger partial charge in [0, 0.05) is 24.7 Å². The molecule has 3 heterocycles. The van der Waals surface area contributed by atoms with Gasteiger partial charge in [-0.25, -0.2) is 18.9 Å². The lowest BCUT2D eigenvalue weighted by molar-refractivity contribution is -0.136. The Hall–Kier alpha value is -4.57. The lowest BCUT2D eigenvalue weighted by atomic mass is 9.86. The summed E-state index contributed by atoms with van der Waals surface area (Å²) in [5, 5.41) is 13.1. The number of pyridine rings is 1. The second-order valence-electron chi connectivity index (χ2n) is 9.47. The Bertz CT molecular complexity index is 1550. The van der Waals surface area contributed by atoms with Crippen molar-refractivity contribution in [2.45, 2.75) is 32.3 Å². The topological polar surface area (TPSA) is 221 Å².